The molecule has 0 saturated heterocycles. The second-order valence-electron chi connectivity index (χ2n) is 0. The van der Waals surface area contributed by atoms with Crippen LogP contribution in [-0.2, 0) is 42.1 Å². The van der Waals surface area contributed by atoms with Gasteiger partial charge in [-0.25, -0.2) is 0 Å². The van der Waals surface area contributed by atoms with Crippen LogP contribution in [0, 0.1) is 25.7 Å². The van der Waals surface area contributed by atoms with Crippen molar-refractivity contribution >= 4 is 0 Å². The van der Waals surface area contributed by atoms with Crippen molar-refractivity contribution < 1.29 is 91.8 Å². The molecule has 0 aliphatic heterocycles. The maximum atomic E-state index is 4.00. The largest absolute Gasteiger partial charge is 2.00 e. The average molecular weight is 584 g/mol. The summed E-state index contributed by atoms with van der Waals surface area (Å²) in [6.45, 7) is 0. The Morgan fingerprint density at radius 2 is 0.400 bits per heavy atom. The zero-order chi connectivity index (χ0) is 4.00. The molecular formula is C4H4Cl4Pt2. The molecule has 0 heterocycles. The van der Waals surface area contributed by atoms with Crippen LogP contribution in [0.1, 0.15) is 0 Å². The second kappa shape index (κ2) is 362. The number of terminal acetylenes is 2. The van der Waals surface area contributed by atoms with Crippen LogP contribution in [0.25, 0.3) is 0 Å². The summed E-state index contributed by atoms with van der Waals surface area (Å²) in [5.74, 6) is 0. The molecule has 0 spiro atoms. The predicted octanol–water partition coefficient (Wildman–Crippen LogP) is -11.5. The molecule has 0 aromatic carbocycles. The Morgan fingerprint density at radius 3 is 0.400 bits per heavy atom. The van der Waals surface area contributed by atoms with Crippen molar-refractivity contribution in [3.63, 3.8) is 0 Å². The van der Waals surface area contributed by atoms with E-state index in [1.165, 1.54) is 0 Å². The molecule has 0 aliphatic carbocycles. The SMILES string of the molecule is C#C.C#C.[Cl-].[Cl-].[Cl-].[Cl-].[Pt+2].[Pt+2]. The van der Waals surface area contributed by atoms with Crippen LogP contribution in [0.2, 0.25) is 0 Å². The van der Waals surface area contributed by atoms with Gasteiger partial charge in [0.1, 0.15) is 0 Å². The summed E-state index contributed by atoms with van der Waals surface area (Å²) < 4.78 is 0. The zero-order valence-corrected chi connectivity index (χ0v) is 12.0. The molecule has 0 amide bonds. The first kappa shape index (κ1) is 99.0. The first-order chi connectivity index (χ1) is 2.00. The van der Waals surface area contributed by atoms with E-state index in [2.05, 4.69) is 25.7 Å². The van der Waals surface area contributed by atoms with E-state index in [9.17, 15) is 0 Å². The Morgan fingerprint density at radius 1 is 0.400 bits per heavy atom. The minimum absolute atomic E-state index is 0. The summed E-state index contributed by atoms with van der Waals surface area (Å²) in [6, 6.07) is 0. The van der Waals surface area contributed by atoms with Gasteiger partial charge in [-0.1, -0.05) is 0 Å². The van der Waals surface area contributed by atoms with Crippen molar-refractivity contribution in [1.29, 1.82) is 0 Å². The normalized spacial score (nSPS) is 0.400. The van der Waals surface area contributed by atoms with Crippen molar-refractivity contribution in [2.75, 3.05) is 0 Å². The molecule has 0 N–H and O–H groups in total. The number of halogens is 4. The first-order valence-electron chi connectivity index (χ1n) is 0.667. The molecule has 0 rings (SSSR count). The average Bonchev–Trinajstić information content (AvgIpc) is 1.50. The van der Waals surface area contributed by atoms with Crippen LogP contribution < -0.4 is 49.6 Å². The number of rotatable bonds is 0. The fourth-order valence-corrected chi connectivity index (χ4v) is 0. The van der Waals surface area contributed by atoms with E-state index in [1.807, 2.05) is 0 Å². The Labute approximate surface area is 116 Å². The maximum Gasteiger partial charge on any atom is 2.00 e. The van der Waals surface area contributed by atoms with Crippen molar-refractivity contribution in [2.45, 2.75) is 0 Å². The van der Waals surface area contributed by atoms with E-state index < -0.39 is 0 Å². The minimum atomic E-state index is 0. The molecular weight excluding hydrogens is 580 g/mol. The molecule has 0 saturated carbocycles. The third kappa shape index (κ3) is 264. The van der Waals surface area contributed by atoms with E-state index in [-0.39, 0.29) is 91.8 Å². The van der Waals surface area contributed by atoms with E-state index in [0.717, 1.165) is 0 Å². The Hall–Kier alpha value is 1.66. The maximum absolute atomic E-state index is 4.00. The van der Waals surface area contributed by atoms with Gasteiger partial charge in [0.05, 0.1) is 0 Å². The molecule has 68 valence electrons. The summed E-state index contributed by atoms with van der Waals surface area (Å²) in [6.07, 6.45) is 16.0. The van der Waals surface area contributed by atoms with Crippen molar-refractivity contribution in [3.05, 3.63) is 0 Å². The van der Waals surface area contributed by atoms with Crippen LogP contribution in [0.4, 0.5) is 0 Å². The molecule has 6 heteroatoms. The minimum Gasteiger partial charge on any atom is -1.00 e. The van der Waals surface area contributed by atoms with E-state index in [1.54, 1.807) is 0 Å². The third-order valence-corrected chi connectivity index (χ3v) is 0. The van der Waals surface area contributed by atoms with Crippen molar-refractivity contribution in [3.8, 4) is 25.7 Å². The summed E-state index contributed by atoms with van der Waals surface area (Å²) >= 11 is 0. The van der Waals surface area contributed by atoms with Crippen LogP contribution in [0.15, 0.2) is 0 Å². The van der Waals surface area contributed by atoms with Gasteiger partial charge in [0, 0.05) is 0 Å². The van der Waals surface area contributed by atoms with Crippen LogP contribution in [0.3, 0.4) is 0 Å². The van der Waals surface area contributed by atoms with Gasteiger partial charge in [0.15, 0.2) is 0 Å². The Bertz CT molecular complexity index is 30.7. The van der Waals surface area contributed by atoms with Gasteiger partial charge < -0.3 is 49.6 Å². The summed E-state index contributed by atoms with van der Waals surface area (Å²) in [5.41, 5.74) is 0. The molecule has 10 heavy (non-hydrogen) atoms. The molecule has 0 atom stereocenters. The van der Waals surface area contributed by atoms with E-state index in [4.69, 9.17) is 0 Å². The monoisotopic (exact) mass is 582 g/mol. The molecule has 0 aliphatic rings. The summed E-state index contributed by atoms with van der Waals surface area (Å²) in [7, 11) is 0. The molecule has 0 unspecified atom stereocenters. The van der Waals surface area contributed by atoms with Gasteiger partial charge >= 0.3 is 42.1 Å². The van der Waals surface area contributed by atoms with Crippen LogP contribution >= 0.6 is 0 Å². The van der Waals surface area contributed by atoms with Crippen LogP contribution in [0.5, 0.6) is 0 Å². The molecule has 0 nitrogen and oxygen atoms in total. The fourth-order valence-electron chi connectivity index (χ4n) is 0. The van der Waals surface area contributed by atoms with Crippen LogP contribution in [-0.4, -0.2) is 0 Å². The first-order valence-corrected chi connectivity index (χ1v) is 0.667. The van der Waals surface area contributed by atoms with Crippen molar-refractivity contribution in [1.82, 2.24) is 0 Å². The molecule has 0 fully saturated rings. The second-order valence-corrected chi connectivity index (χ2v) is 0. The van der Waals surface area contributed by atoms with Gasteiger partial charge in [0.25, 0.3) is 0 Å². The standard InChI is InChI=1S/2C2H2.4ClH.2Pt/c2*1-2;;;;;;/h2*1-2H;4*1H;;/q;;;;;;2*+2/p-4. The predicted molar refractivity (Wildman–Crippen MR) is 19.8 cm³/mol. The van der Waals surface area contributed by atoms with Gasteiger partial charge in [0.2, 0.25) is 0 Å². The fraction of sp³-hybridized carbons (Fsp3) is 0. The Balaban J connectivity index is -0.000000000833. The van der Waals surface area contributed by atoms with Gasteiger partial charge in [-0.05, 0) is 0 Å². The quantitative estimate of drug-likeness (QED) is 0.249. The summed E-state index contributed by atoms with van der Waals surface area (Å²) in [4.78, 5) is 0. The topological polar surface area (TPSA) is 0 Å². The van der Waals surface area contributed by atoms with Gasteiger partial charge in [-0.15, -0.1) is 25.7 Å². The number of hydrogen-bond donors (Lipinski definition) is 0. The summed E-state index contributed by atoms with van der Waals surface area (Å²) in [5, 5.41) is 0. The van der Waals surface area contributed by atoms with E-state index in [0.29, 0.717) is 0 Å². The molecule has 0 aromatic rings. The number of hydrogen-bond acceptors (Lipinski definition) is 0. The van der Waals surface area contributed by atoms with E-state index >= 15 is 0 Å². The van der Waals surface area contributed by atoms with Crippen molar-refractivity contribution in [2.24, 2.45) is 0 Å². The third-order valence-electron chi connectivity index (χ3n) is 0. The molecule has 0 aromatic heterocycles. The molecule has 0 radical (unpaired) electrons. The Kier molecular flexibility index (Phi) is 3580. The molecule has 0 bridgehead atoms. The zero-order valence-electron chi connectivity index (χ0n) is 4.45. The smallest absolute Gasteiger partial charge is 1.00 e. The van der Waals surface area contributed by atoms with Gasteiger partial charge in [-0.3, -0.25) is 0 Å². The van der Waals surface area contributed by atoms with Gasteiger partial charge in [-0.2, -0.15) is 0 Å².